The Hall–Kier alpha value is -4.63. The van der Waals surface area contributed by atoms with Gasteiger partial charge in [-0.15, -0.1) is 0 Å². The van der Waals surface area contributed by atoms with Gasteiger partial charge in [0.15, 0.2) is 0 Å². The molecule has 4 aromatic rings. The van der Waals surface area contributed by atoms with E-state index in [1.54, 1.807) is 48.7 Å². The van der Waals surface area contributed by atoms with Crippen molar-refractivity contribution in [2.75, 3.05) is 6.54 Å². The first-order valence-electron chi connectivity index (χ1n) is 11.5. The Morgan fingerprint density at radius 2 is 1.59 bits per heavy atom. The zero-order chi connectivity index (χ0) is 25.7. The van der Waals surface area contributed by atoms with Crippen molar-refractivity contribution >= 4 is 34.8 Å². The standard InChI is InChI=1S/C27H18ClN5O4/c28-22-8-4-3-7-20(22)25-21-13-16(33(36)37)9-10-23(21)32-17(14-29-24(32)15-30-25)11-12-31-26(34)18-5-1-2-6-19(18)27(31)35/h1-10,13-14H,11-12,15H2. The van der Waals surface area contributed by atoms with Crippen molar-refractivity contribution in [2.45, 2.75) is 13.0 Å². The number of carbonyl (C=O) groups excluding carboxylic acids is 2. The summed E-state index contributed by atoms with van der Waals surface area (Å²) in [6, 6.07) is 18.6. The number of nitro groups is 1. The molecule has 1 aromatic heterocycles. The lowest BCUT2D eigenvalue weighted by Gasteiger charge is -2.17. The van der Waals surface area contributed by atoms with Gasteiger partial charge in [-0.3, -0.25) is 34.2 Å². The van der Waals surface area contributed by atoms with Gasteiger partial charge in [0.1, 0.15) is 5.82 Å². The van der Waals surface area contributed by atoms with E-state index in [4.69, 9.17) is 16.6 Å². The number of nitro benzene ring substituents is 1. The van der Waals surface area contributed by atoms with Crippen molar-refractivity contribution in [3.05, 3.63) is 122 Å². The number of nitrogens with zero attached hydrogens (tertiary/aromatic N) is 5. The molecule has 0 fully saturated rings. The van der Waals surface area contributed by atoms with E-state index in [0.29, 0.717) is 50.9 Å². The van der Waals surface area contributed by atoms with Crippen LogP contribution in [0.25, 0.3) is 5.69 Å². The van der Waals surface area contributed by atoms with E-state index in [1.807, 2.05) is 16.7 Å². The molecule has 2 amide bonds. The Labute approximate surface area is 215 Å². The molecule has 2 aliphatic rings. The number of imidazole rings is 1. The van der Waals surface area contributed by atoms with Crippen LogP contribution in [0.1, 0.15) is 43.4 Å². The summed E-state index contributed by atoms with van der Waals surface area (Å²) in [5.74, 6) is -0.0114. The number of amides is 2. The maximum absolute atomic E-state index is 12.8. The van der Waals surface area contributed by atoms with Crippen molar-refractivity contribution in [2.24, 2.45) is 4.99 Å². The van der Waals surface area contributed by atoms with Crippen LogP contribution in [0.3, 0.4) is 0 Å². The summed E-state index contributed by atoms with van der Waals surface area (Å²) in [6.07, 6.45) is 2.03. The number of non-ortho nitro benzene ring substituents is 1. The zero-order valence-corrected chi connectivity index (χ0v) is 20.1. The summed E-state index contributed by atoms with van der Waals surface area (Å²) < 4.78 is 1.89. The lowest BCUT2D eigenvalue weighted by Crippen LogP contribution is -2.32. The van der Waals surface area contributed by atoms with Crippen LogP contribution >= 0.6 is 11.6 Å². The maximum Gasteiger partial charge on any atom is 0.270 e. The molecular formula is C27H18ClN5O4. The van der Waals surface area contributed by atoms with Crippen LogP contribution in [0.5, 0.6) is 0 Å². The Morgan fingerprint density at radius 3 is 2.27 bits per heavy atom. The van der Waals surface area contributed by atoms with Crippen molar-refractivity contribution in [1.29, 1.82) is 0 Å². The number of hydrogen-bond acceptors (Lipinski definition) is 6. The van der Waals surface area contributed by atoms with Crippen LogP contribution in [0.15, 0.2) is 77.9 Å². The van der Waals surface area contributed by atoms with E-state index < -0.39 is 4.92 Å². The van der Waals surface area contributed by atoms with E-state index in [2.05, 4.69) is 4.98 Å². The third-order valence-corrected chi connectivity index (χ3v) is 6.90. The largest absolute Gasteiger partial charge is 0.298 e. The number of aromatic nitrogens is 2. The summed E-state index contributed by atoms with van der Waals surface area (Å²) in [4.78, 5) is 47.3. The van der Waals surface area contributed by atoms with Crippen LogP contribution in [0, 0.1) is 10.1 Å². The lowest BCUT2D eigenvalue weighted by molar-refractivity contribution is -0.384. The fourth-order valence-electron chi connectivity index (χ4n) is 4.82. The van der Waals surface area contributed by atoms with Gasteiger partial charge in [-0.2, -0.15) is 0 Å². The second-order valence-corrected chi connectivity index (χ2v) is 9.07. The molecule has 9 nitrogen and oxygen atoms in total. The maximum atomic E-state index is 12.8. The van der Waals surface area contributed by atoms with Crippen LogP contribution < -0.4 is 0 Å². The van der Waals surface area contributed by atoms with Crippen LogP contribution in [0.4, 0.5) is 5.69 Å². The number of carbonyl (C=O) groups is 2. The van der Waals surface area contributed by atoms with E-state index in [-0.39, 0.29) is 30.6 Å². The predicted molar refractivity (Wildman–Crippen MR) is 137 cm³/mol. The minimum absolute atomic E-state index is 0.0744. The average molecular weight is 512 g/mol. The molecule has 3 heterocycles. The molecule has 0 N–H and O–H groups in total. The van der Waals surface area contributed by atoms with Crippen molar-refractivity contribution in [1.82, 2.24) is 14.5 Å². The summed E-state index contributed by atoms with van der Waals surface area (Å²) >= 11 is 6.48. The number of halogens is 1. The third kappa shape index (κ3) is 3.71. The molecule has 2 aliphatic heterocycles. The van der Waals surface area contributed by atoms with E-state index in [1.165, 1.54) is 17.0 Å². The second kappa shape index (κ2) is 8.79. The number of fused-ring (bicyclic) bond motifs is 4. The fourth-order valence-corrected chi connectivity index (χ4v) is 5.05. The molecule has 10 heteroatoms. The van der Waals surface area contributed by atoms with Crippen LogP contribution in [-0.4, -0.2) is 43.4 Å². The van der Waals surface area contributed by atoms with E-state index in [0.717, 1.165) is 5.69 Å². The monoisotopic (exact) mass is 511 g/mol. The topological polar surface area (TPSA) is 111 Å². The molecule has 0 saturated heterocycles. The molecule has 0 aliphatic carbocycles. The minimum Gasteiger partial charge on any atom is -0.298 e. The van der Waals surface area contributed by atoms with Gasteiger partial charge < -0.3 is 0 Å². The molecule has 182 valence electrons. The molecule has 0 bridgehead atoms. The summed E-state index contributed by atoms with van der Waals surface area (Å²) in [7, 11) is 0. The third-order valence-electron chi connectivity index (χ3n) is 6.57. The van der Waals surface area contributed by atoms with Crippen LogP contribution in [-0.2, 0) is 13.0 Å². The summed E-state index contributed by atoms with van der Waals surface area (Å²) in [6.45, 7) is 0.383. The van der Waals surface area contributed by atoms with Crippen molar-refractivity contribution in [3.63, 3.8) is 0 Å². The highest BCUT2D eigenvalue weighted by atomic mass is 35.5. The van der Waals surface area contributed by atoms with Crippen LogP contribution in [0.2, 0.25) is 5.02 Å². The van der Waals surface area contributed by atoms with Gasteiger partial charge in [-0.1, -0.05) is 41.9 Å². The molecule has 0 radical (unpaired) electrons. The Bertz CT molecular complexity index is 1620. The summed E-state index contributed by atoms with van der Waals surface area (Å²) in [5, 5.41) is 12.1. The molecule has 3 aromatic carbocycles. The van der Waals surface area contributed by atoms with Gasteiger partial charge >= 0.3 is 0 Å². The molecule has 37 heavy (non-hydrogen) atoms. The molecular weight excluding hydrogens is 494 g/mol. The van der Waals surface area contributed by atoms with Crippen molar-refractivity contribution in [3.8, 4) is 5.69 Å². The molecule has 6 rings (SSSR count). The highest BCUT2D eigenvalue weighted by molar-refractivity contribution is 6.35. The smallest absolute Gasteiger partial charge is 0.270 e. The SMILES string of the molecule is O=C1c2ccccc2C(=O)N1CCc1cnc2n1-c1ccc([N+](=O)[O-])cc1C(c1ccccc1Cl)=NC2. The van der Waals surface area contributed by atoms with Gasteiger partial charge in [0.25, 0.3) is 17.5 Å². The first-order chi connectivity index (χ1) is 17.9. The van der Waals surface area contributed by atoms with Gasteiger partial charge in [-0.05, 0) is 24.3 Å². The first-order valence-corrected chi connectivity index (χ1v) is 11.9. The molecule has 0 saturated carbocycles. The molecule has 0 unspecified atom stereocenters. The van der Waals surface area contributed by atoms with Gasteiger partial charge in [0.2, 0.25) is 0 Å². The average Bonchev–Trinajstić information content (AvgIpc) is 3.36. The number of imide groups is 1. The van der Waals surface area contributed by atoms with Gasteiger partial charge in [0.05, 0.1) is 34.0 Å². The number of hydrogen-bond donors (Lipinski definition) is 0. The minimum atomic E-state index is -0.451. The zero-order valence-electron chi connectivity index (χ0n) is 19.3. The predicted octanol–water partition coefficient (Wildman–Crippen LogP) is 4.62. The Kier molecular flexibility index (Phi) is 5.42. The second-order valence-electron chi connectivity index (χ2n) is 8.66. The van der Waals surface area contributed by atoms with E-state index in [9.17, 15) is 19.7 Å². The Balaban J connectivity index is 1.40. The van der Waals surface area contributed by atoms with Gasteiger partial charge in [0, 0.05) is 53.1 Å². The summed E-state index contributed by atoms with van der Waals surface area (Å²) in [5.41, 5.74) is 3.86. The lowest BCUT2D eigenvalue weighted by atomic mass is 9.99. The quantitative estimate of drug-likeness (QED) is 0.220. The first kappa shape index (κ1) is 22.8. The molecule has 0 spiro atoms. The Morgan fingerprint density at radius 1 is 0.919 bits per heavy atom. The van der Waals surface area contributed by atoms with E-state index >= 15 is 0 Å². The van der Waals surface area contributed by atoms with Crippen molar-refractivity contribution < 1.29 is 14.5 Å². The normalized spacial score (nSPS) is 14.1. The number of aliphatic imine (C=N–C) groups is 1. The fraction of sp³-hybridized carbons (Fsp3) is 0.111. The highest BCUT2D eigenvalue weighted by Gasteiger charge is 2.35. The number of benzene rings is 3. The highest BCUT2D eigenvalue weighted by Crippen LogP contribution is 2.32. The number of rotatable bonds is 5. The molecule has 0 atom stereocenters. The van der Waals surface area contributed by atoms with Gasteiger partial charge in [-0.25, -0.2) is 4.98 Å².